The fourth-order valence-corrected chi connectivity index (χ4v) is 5.21. The summed E-state index contributed by atoms with van der Waals surface area (Å²) in [6.07, 6.45) is 4.32. The van der Waals surface area contributed by atoms with E-state index in [0.717, 1.165) is 51.3 Å². The summed E-state index contributed by atoms with van der Waals surface area (Å²) in [5.74, 6) is 1.13. The smallest absolute Gasteiger partial charge is 0.168 e. The van der Waals surface area contributed by atoms with E-state index in [0.29, 0.717) is 12.0 Å². The highest BCUT2D eigenvalue weighted by Crippen LogP contribution is 2.58. The SMILES string of the molecule is COc1ccc2c(c1)C[C@@H]1OC[C@]23CCC2(C[C@@H]13)OCCO2. The zero-order valence-corrected chi connectivity index (χ0v) is 13.0. The molecule has 3 fully saturated rings. The van der Waals surface area contributed by atoms with Crippen molar-refractivity contribution in [3.63, 3.8) is 0 Å². The van der Waals surface area contributed by atoms with Crippen molar-refractivity contribution in [1.82, 2.24) is 0 Å². The predicted molar refractivity (Wildman–Crippen MR) is 80.1 cm³/mol. The summed E-state index contributed by atoms with van der Waals surface area (Å²) < 4.78 is 23.6. The average molecular weight is 302 g/mol. The van der Waals surface area contributed by atoms with Gasteiger partial charge >= 0.3 is 0 Å². The highest BCUT2D eigenvalue weighted by atomic mass is 16.7. The lowest BCUT2D eigenvalue weighted by atomic mass is 9.57. The number of methoxy groups -OCH3 is 1. The second-order valence-electron chi connectivity index (χ2n) is 7.15. The van der Waals surface area contributed by atoms with Crippen LogP contribution in [0.25, 0.3) is 0 Å². The zero-order chi connectivity index (χ0) is 14.8. The zero-order valence-electron chi connectivity index (χ0n) is 13.0. The topological polar surface area (TPSA) is 36.9 Å². The molecule has 0 unspecified atom stereocenters. The number of rotatable bonds is 1. The number of benzene rings is 1. The molecule has 118 valence electrons. The Balaban J connectivity index is 1.56. The van der Waals surface area contributed by atoms with Crippen LogP contribution in [0.15, 0.2) is 18.2 Å². The molecule has 4 nitrogen and oxygen atoms in total. The van der Waals surface area contributed by atoms with Crippen LogP contribution in [-0.2, 0) is 26.0 Å². The first-order chi connectivity index (χ1) is 10.7. The van der Waals surface area contributed by atoms with E-state index >= 15 is 0 Å². The van der Waals surface area contributed by atoms with Crippen molar-refractivity contribution in [2.45, 2.75) is 43.0 Å². The van der Waals surface area contributed by atoms with Gasteiger partial charge in [0.25, 0.3) is 0 Å². The predicted octanol–water partition coefficient (Wildman–Crippen LogP) is 2.43. The number of ether oxygens (including phenoxy) is 4. The van der Waals surface area contributed by atoms with Crippen molar-refractivity contribution in [2.75, 3.05) is 26.9 Å². The molecule has 0 aromatic heterocycles. The molecule has 2 bridgehead atoms. The Morgan fingerprint density at radius 3 is 2.86 bits per heavy atom. The van der Waals surface area contributed by atoms with Gasteiger partial charge in [-0.05, 0) is 36.1 Å². The van der Waals surface area contributed by atoms with Crippen molar-refractivity contribution >= 4 is 0 Å². The van der Waals surface area contributed by atoms with Gasteiger partial charge in [-0.15, -0.1) is 0 Å². The Bertz CT molecular complexity index is 607. The van der Waals surface area contributed by atoms with Crippen molar-refractivity contribution in [1.29, 1.82) is 0 Å². The van der Waals surface area contributed by atoms with Crippen LogP contribution in [0, 0.1) is 5.92 Å². The van der Waals surface area contributed by atoms with Crippen LogP contribution >= 0.6 is 0 Å². The molecular weight excluding hydrogens is 280 g/mol. The van der Waals surface area contributed by atoms with Crippen molar-refractivity contribution in [3.8, 4) is 5.75 Å². The standard InChI is InChI=1S/C18H22O4/c1-19-13-2-3-14-12(8-13)9-16-15-10-18(21-6-7-22-18)5-4-17(14,15)11-20-16/h2-3,8,15-16H,4-7,9-11H2,1H3/t15-,16-,17+/m0/s1. The second kappa shape index (κ2) is 4.47. The lowest BCUT2D eigenvalue weighted by Crippen LogP contribution is -2.52. The van der Waals surface area contributed by atoms with Gasteiger partial charge in [-0.3, -0.25) is 0 Å². The molecule has 3 atom stereocenters. The van der Waals surface area contributed by atoms with E-state index in [1.54, 1.807) is 7.11 Å². The van der Waals surface area contributed by atoms with Gasteiger partial charge in [-0.25, -0.2) is 0 Å². The maximum atomic E-state index is 6.22. The minimum absolute atomic E-state index is 0.158. The summed E-state index contributed by atoms with van der Waals surface area (Å²) in [4.78, 5) is 0. The average Bonchev–Trinajstić information content (AvgIpc) is 3.10. The van der Waals surface area contributed by atoms with E-state index in [1.165, 1.54) is 11.1 Å². The normalized spacial score (nSPS) is 37.9. The molecule has 1 saturated carbocycles. The van der Waals surface area contributed by atoms with Gasteiger partial charge in [0.15, 0.2) is 5.79 Å². The van der Waals surface area contributed by atoms with Crippen LogP contribution in [0.4, 0.5) is 0 Å². The molecule has 4 heteroatoms. The summed E-state index contributed by atoms with van der Waals surface area (Å²) in [5.41, 5.74) is 3.03. The highest BCUT2D eigenvalue weighted by molar-refractivity contribution is 5.45. The Morgan fingerprint density at radius 1 is 1.18 bits per heavy atom. The minimum atomic E-state index is -0.329. The molecule has 1 aromatic rings. The third-order valence-electron chi connectivity index (χ3n) is 6.28. The molecule has 5 rings (SSSR count). The molecule has 22 heavy (non-hydrogen) atoms. The van der Waals surface area contributed by atoms with Gasteiger partial charge in [0, 0.05) is 24.2 Å². The Labute approximate surface area is 130 Å². The van der Waals surface area contributed by atoms with E-state index in [2.05, 4.69) is 18.2 Å². The monoisotopic (exact) mass is 302 g/mol. The summed E-state index contributed by atoms with van der Waals surface area (Å²) in [7, 11) is 1.73. The second-order valence-corrected chi connectivity index (χ2v) is 7.15. The lowest BCUT2D eigenvalue weighted by Gasteiger charge is -2.49. The molecule has 4 aliphatic rings. The van der Waals surface area contributed by atoms with Crippen molar-refractivity contribution < 1.29 is 18.9 Å². The summed E-state index contributed by atoms with van der Waals surface area (Å²) in [6, 6.07) is 6.55. The van der Waals surface area contributed by atoms with Crippen LogP contribution in [0.2, 0.25) is 0 Å². The molecule has 1 aromatic carbocycles. The Morgan fingerprint density at radius 2 is 2.05 bits per heavy atom. The highest BCUT2D eigenvalue weighted by Gasteiger charge is 2.61. The quantitative estimate of drug-likeness (QED) is 0.798. The molecule has 2 saturated heterocycles. The number of hydrogen-bond donors (Lipinski definition) is 0. The fourth-order valence-electron chi connectivity index (χ4n) is 5.21. The van der Waals surface area contributed by atoms with Gasteiger partial charge in [0.1, 0.15) is 5.75 Å². The minimum Gasteiger partial charge on any atom is -0.497 e. The fraction of sp³-hybridized carbons (Fsp3) is 0.667. The summed E-state index contributed by atoms with van der Waals surface area (Å²) in [5, 5.41) is 0. The number of hydrogen-bond acceptors (Lipinski definition) is 4. The molecule has 0 radical (unpaired) electrons. The van der Waals surface area contributed by atoms with Gasteiger partial charge in [-0.2, -0.15) is 0 Å². The Kier molecular flexibility index (Phi) is 2.71. The molecule has 1 spiro atoms. The molecule has 0 N–H and O–H groups in total. The number of fused-ring (bicyclic) bond motifs is 1. The summed E-state index contributed by atoms with van der Waals surface area (Å²) >= 11 is 0. The maximum Gasteiger partial charge on any atom is 0.168 e. The van der Waals surface area contributed by atoms with Crippen molar-refractivity contribution in [3.05, 3.63) is 29.3 Å². The third kappa shape index (κ3) is 1.63. The molecule has 2 aliphatic heterocycles. The van der Waals surface area contributed by atoms with Crippen LogP contribution in [-0.4, -0.2) is 38.8 Å². The maximum absolute atomic E-state index is 6.22. The largest absolute Gasteiger partial charge is 0.497 e. The molecule has 2 heterocycles. The van der Waals surface area contributed by atoms with Gasteiger partial charge in [0.05, 0.1) is 33.0 Å². The third-order valence-corrected chi connectivity index (χ3v) is 6.28. The van der Waals surface area contributed by atoms with Crippen molar-refractivity contribution in [2.24, 2.45) is 5.92 Å². The van der Waals surface area contributed by atoms with E-state index in [9.17, 15) is 0 Å². The van der Waals surface area contributed by atoms with Gasteiger partial charge < -0.3 is 18.9 Å². The Hall–Kier alpha value is -1.10. The van der Waals surface area contributed by atoms with E-state index in [-0.39, 0.29) is 11.2 Å². The van der Waals surface area contributed by atoms with Gasteiger partial charge in [0.2, 0.25) is 0 Å². The van der Waals surface area contributed by atoms with Crippen LogP contribution in [0.5, 0.6) is 5.75 Å². The van der Waals surface area contributed by atoms with Gasteiger partial charge in [-0.1, -0.05) is 6.07 Å². The first kappa shape index (κ1) is 13.3. The van der Waals surface area contributed by atoms with Crippen LogP contribution in [0.3, 0.4) is 0 Å². The lowest BCUT2D eigenvalue weighted by molar-refractivity contribution is -0.197. The molecule has 0 amide bonds. The van der Waals surface area contributed by atoms with Crippen LogP contribution in [0.1, 0.15) is 30.4 Å². The van der Waals surface area contributed by atoms with Crippen LogP contribution < -0.4 is 4.74 Å². The summed E-state index contributed by atoms with van der Waals surface area (Å²) in [6.45, 7) is 2.32. The first-order valence-corrected chi connectivity index (χ1v) is 8.32. The molecular formula is C18H22O4. The van der Waals surface area contributed by atoms with E-state index < -0.39 is 0 Å². The van der Waals surface area contributed by atoms with E-state index in [4.69, 9.17) is 18.9 Å². The van der Waals surface area contributed by atoms with E-state index in [1.807, 2.05) is 0 Å². The first-order valence-electron chi connectivity index (χ1n) is 8.32. The molecule has 2 aliphatic carbocycles.